The van der Waals surface area contributed by atoms with Gasteiger partial charge in [-0.3, -0.25) is 4.79 Å². The number of ether oxygens (including phenoxy) is 1. The van der Waals surface area contributed by atoms with Gasteiger partial charge in [0.1, 0.15) is 5.75 Å². The maximum atomic E-state index is 11.1. The molecule has 16 heavy (non-hydrogen) atoms. The maximum absolute atomic E-state index is 11.1. The van der Waals surface area contributed by atoms with Crippen LogP contribution in [0.25, 0.3) is 0 Å². The van der Waals surface area contributed by atoms with E-state index in [-0.39, 0.29) is 18.1 Å². The standard InChI is InChI=1S/C12H17NO3/c1-7-4-9(5-8(2)12(7)15)10(13)6-11(14)16-3/h4-5,10,15H,6,13H2,1-3H3/t10-/m1/s1. The molecule has 1 atom stereocenters. The average molecular weight is 223 g/mol. The Morgan fingerprint density at radius 2 is 1.94 bits per heavy atom. The van der Waals surface area contributed by atoms with Crippen LogP contribution in [-0.4, -0.2) is 18.2 Å². The van der Waals surface area contributed by atoms with Gasteiger partial charge in [0, 0.05) is 6.04 Å². The molecule has 1 aromatic rings. The Labute approximate surface area is 95.0 Å². The van der Waals surface area contributed by atoms with E-state index in [1.165, 1.54) is 7.11 Å². The van der Waals surface area contributed by atoms with Gasteiger partial charge in [0.2, 0.25) is 0 Å². The zero-order valence-corrected chi connectivity index (χ0v) is 9.78. The molecule has 4 heteroatoms. The van der Waals surface area contributed by atoms with Crippen molar-refractivity contribution < 1.29 is 14.6 Å². The molecule has 3 N–H and O–H groups in total. The van der Waals surface area contributed by atoms with Gasteiger partial charge < -0.3 is 15.6 Å². The molecule has 0 radical (unpaired) electrons. The van der Waals surface area contributed by atoms with E-state index in [2.05, 4.69) is 4.74 Å². The number of methoxy groups -OCH3 is 1. The first-order chi connectivity index (χ1) is 7.45. The van der Waals surface area contributed by atoms with Gasteiger partial charge in [-0.15, -0.1) is 0 Å². The predicted molar refractivity (Wildman–Crippen MR) is 61.1 cm³/mol. The summed E-state index contributed by atoms with van der Waals surface area (Å²) in [5, 5.41) is 9.61. The van der Waals surface area contributed by atoms with E-state index >= 15 is 0 Å². The van der Waals surface area contributed by atoms with E-state index in [9.17, 15) is 9.90 Å². The van der Waals surface area contributed by atoms with E-state index in [0.29, 0.717) is 0 Å². The van der Waals surface area contributed by atoms with Crippen LogP contribution in [0.4, 0.5) is 0 Å². The van der Waals surface area contributed by atoms with Gasteiger partial charge in [-0.2, -0.15) is 0 Å². The second kappa shape index (κ2) is 4.99. The van der Waals surface area contributed by atoms with Crippen molar-refractivity contribution >= 4 is 5.97 Å². The Hall–Kier alpha value is -1.55. The summed E-state index contributed by atoms with van der Waals surface area (Å²) >= 11 is 0. The number of phenolic OH excluding ortho intramolecular Hbond substituents is 1. The van der Waals surface area contributed by atoms with Crippen LogP contribution >= 0.6 is 0 Å². The molecule has 0 saturated carbocycles. The number of hydrogen-bond acceptors (Lipinski definition) is 4. The lowest BCUT2D eigenvalue weighted by molar-refractivity contribution is -0.141. The Kier molecular flexibility index (Phi) is 3.90. The third-order valence-corrected chi connectivity index (χ3v) is 2.56. The van der Waals surface area contributed by atoms with Gasteiger partial charge in [0.25, 0.3) is 0 Å². The molecule has 0 unspecified atom stereocenters. The summed E-state index contributed by atoms with van der Waals surface area (Å²) in [6, 6.07) is 3.18. The quantitative estimate of drug-likeness (QED) is 0.763. The van der Waals surface area contributed by atoms with Gasteiger partial charge in [-0.25, -0.2) is 0 Å². The fraction of sp³-hybridized carbons (Fsp3) is 0.417. The number of rotatable bonds is 3. The lowest BCUT2D eigenvalue weighted by atomic mass is 9.99. The van der Waals surface area contributed by atoms with Crippen molar-refractivity contribution in [3.63, 3.8) is 0 Å². The van der Waals surface area contributed by atoms with E-state index in [4.69, 9.17) is 5.73 Å². The summed E-state index contributed by atoms with van der Waals surface area (Å²) in [4.78, 5) is 11.1. The molecule has 0 fully saturated rings. The van der Waals surface area contributed by atoms with Crippen molar-refractivity contribution in [2.75, 3.05) is 7.11 Å². The monoisotopic (exact) mass is 223 g/mol. The van der Waals surface area contributed by atoms with Crippen molar-refractivity contribution in [2.45, 2.75) is 26.3 Å². The maximum Gasteiger partial charge on any atom is 0.307 e. The molecule has 4 nitrogen and oxygen atoms in total. The summed E-state index contributed by atoms with van der Waals surface area (Å²) in [7, 11) is 1.34. The Bertz CT molecular complexity index is 378. The molecule has 88 valence electrons. The normalized spacial score (nSPS) is 12.2. The Balaban J connectivity index is 2.92. The van der Waals surface area contributed by atoms with Crippen molar-refractivity contribution in [1.29, 1.82) is 0 Å². The fourth-order valence-corrected chi connectivity index (χ4v) is 1.58. The summed E-state index contributed by atoms with van der Waals surface area (Å²) in [5.74, 6) is -0.0649. The molecule has 0 aliphatic heterocycles. The minimum Gasteiger partial charge on any atom is -0.507 e. The summed E-state index contributed by atoms with van der Waals surface area (Å²) in [5.41, 5.74) is 8.23. The molecule has 0 aromatic heterocycles. The third kappa shape index (κ3) is 2.73. The highest BCUT2D eigenvalue weighted by molar-refractivity contribution is 5.70. The van der Waals surface area contributed by atoms with Crippen LogP contribution in [0.15, 0.2) is 12.1 Å². The Morgan fingerprint density at radius 1 is 1.44 bits per heavy atom. The number of carbonyl (C=O) groups excluding carboxylic acids is 1. The van der Waals surface area contributed by atoms with Gasteiger partial charge >= 0.3 is 5.97 Å². The van der Waals surface area contributed by atoms with E-state index in [1.54, 1.807) is 26.0 Å². The van der Waals surface area contributed by atoms with E-state index in [0.717, 1.165) is 16.7 Å². The minimum atomic E-state index is -0.398. The highest BCUT2D eigenvalue weighted by Gasteiger charge is 2.14. The molecule has 0 heterocycles. The van der Waals surface area contributed by atoms with Crippen LogP contribution in [0.3, 0.4) is 0 Å². The molecule has 0 aliphatic rings. The Morgan fingerprint density at radius 3 is 2.38 bits per heavy atom. The van der Waals surface area contributed by atoms with E-state index < -0.39 is 6.04 Å². The van der Waals surface area contributed by atoms with Gasteiger partial charge in [0.15, 0.2) is 0 Å². The summed E-state index contributed by atoms with van der Waals surface area (Å²) in [6.07, 6.45) is 0.139. The summed E-state index contributed by atoms with van der Waals surface area (Å²) in [6.45, 7) is 3.60. The molecule has 0 aliphatic carbocycles. The van der Waals surface area contributed by atoms with Gasteiger partial charge in [-0.1, -0.05) is 12.1 Å². The van der Waals surface area contributed by atoms with Crippen LogP contribution in [0.2, 0.25) is 0 Å². The number of benzene rings is 1. The van der Waals surface area contributed by atoms with Crippen LogP contribution in [-0.2, 0) is 9.53 Å². The number of aromatic hydroxyl groups is 1. The molecule has 0 saturated heterocycles. The first-order valence-corrected chi connectivity index (χ1v) is 5.08. The molecule has 0 spiro atoms. The number of esters is 1. The van der Waals surface area contributed by atoms with Gasteiger partial charge in [0.05, 0.1) is 13.5 Å². The molecular formula is C12H17NO3. The lowest BCUT2D eigenvalue weighted by Crippen LogP contribution is -2.16. The first kappa shape index (κ1) is 12.5. The van der Waals surface area contributed by atoms with Gasteiger partial charge in [-0.05, 0) is 30.5 Å². The largest absolute Gasteiger partial charge is 0.507 e. The molecular weight excluding hydrogens is 206 g/mol. The topological polar surface area (TPSA) is 72.5 Å². The van der Waals surface area contributed by atoms with Crippen molar-refractivity contribution in [1.82, 2.24) is 0 Å². The van der Waals surface area contributed by atoms with Crippen LogP contribution in [0.5, 0.6) is 5.75 Å². The average Bonchev–Trinajstić information content (AvgIpc) is 2.24. The molecule has 1 aromatic carbocycles. The second-order valence-electron chi connectivity index (χ2n) is 3.89. The number of nitrogens with two attached hydrogens (primary N) is 1. The smallest absolute Gasteiger partial charge is 0.307 e. The fourth-order valence-electron chi connectivity index (χ4n) is 1.58. The number of phenols is 1. The molecule has 0 bridgehead atoms. The molecule has 1 rings (SSSR count). The highest BCUT2D eigenvalue weighted by atomic mass is 16.5. The predicted octanol–water partition coefficient (Wildman–Crippen LogP) is 1.57. The van der Waals surface area contributed by atoms with Crippen LogP contribution in [0.1, 0.15) is 29.2 Å². The van der Waals surface area contributed by atoms with Crippen molar-refractivity contribution in [3.05, 3.63) is 28.8 Å². The number of hydrogen-bond donors (Lipinski definition) is 2. The molecule has 0 amide bonds. The SMILES string of the molecule is COC(=O)C[C@@H](N)c1cc(C)c(O)c(C)c1. The minimum absolute atomic E-state index is 0.139. The zero-order valence-electron chi connectivity index (χ0n) is 9.78. The number of carbonyl (C=O) groups is 1. The lowest BCUT2D eigenvalue weighted by Gasteiger charge is -2.13. The second-order valence-corrected chi connectivity index (χ2v) is 3.89. The van der Waals surface area contributed by atoms with Crippen molar-refractivity contribution in [2.24, 2.45) is 5.73 Å². The highest BCUT2D eigenvalue weighted by Crippen LogP contribution is 2.26. The van der Waals surface area contributed by atoms with Crippen molar-refractivity contribution in [3.8, 4) is 5.75 Å². The number of aryl methyl sites for hydroxylation is 2. The van der Waals surface area contributed by atoms with E-state index in [1.807, 2.05) is 0 Å². The summed E-state index contributed by atoms with van der Waals surface area (Å²) < 4.78 is 4.56. The van der Waals surface area contributed by atoms with Crippen LogP contribution < -0.4 is 5.73 Å². The first-order valence-electron chi connectivity index (χ1n) is 5.08. The third-order valence-electron chi connectivity index (χ3n) is 2.56. The van der Waals surface area contributed by atoms with Crippen LogP contribution in [0, 0.1) is 13.8 Å². The zero-order chi connectivity index (χ0) is 12.3.